The summed E-state index contributed by atoms with van der Waals surface area (Å²) in [5, 5.41) is 15.8. The normalized spacial score (nSPS) is 12.9. The molecule has 0 radical (unpaired) electrons. The molecule has 0 aliphatic carbocycles. The summed E-state index contributed by atoms with van der Waals surface area (Å²) in [6, 6.07) is -1.51. The van der Waals surface area contributed by atoms with Gasteiger partial charge in [0, 0.05) is 10.8 Å². The van der Waals surface area contributed by atoms with E-state index in [2.05, 4.69) is 15.6 Å². The standard InChI is InChI=1S/C11H17N3O3S/c1-6(8(15)16)12-9(17)14-10-13-7(5-18-10)11(2,3)4/h5-6H,1-4H3,(H,15,16)(H2,12,13,14,17)/t6-/m1/s1. The number of amides is 2. The van der Waals surface area contributed by atoms with Gasteiger partial charge in [-0.3, -0.25) is 10.1 Å². The average molecular weight is 271 g/mol. The minimum atomic E-state index is -1.08. The lowest BCUT2D eigenvalue weighted by Crippen LogP contribution is -2.40. The maximum Gasteiger partial charge on any atom is 0.325 e. The number of carboxylic acid groups (broad SMARTS) is 1. The van der Waals surface area contributed by atoms with Gasteiger partial charge in [-0.15, -0.1) is 11.3 Å². The van der Waals surface area contributed by atoms with Gasteiger partial charge < -0.3 is 10.4 Å². The summed E-state index contributed by atoms with van der Waals surface area (Å²) in [7, 11) is 0. The number of aromatic nitrogens is 1. The molecule has 0 aliphatic rings. The zero-order valence-electron chi connectivity index (χ0n) is 10.8. The quantitative estimate of drug-likeness (QED) is 0.784. The number of carbonyl (C=O) groups is 2. The van der Waals surface area contributed by atoms with Gasteiger partial charge in [-0.2, -0.15) is 0 Å². The van der Waals surface area contributed by atoms with Crippen LogP contribution in [0, 0.1) is 0 Å². The topological polar surface area (TPSA) is 91.3 Å². The van der Waals surface area contributed by atoms with Crippen LogP contribution in [0.25, 0.3) is 0 Å². The van der Waals surface area contributed by atoms with Crippen LogP contribution in [0.4, 0.5) is 9.93 Å². The van der Waals surface area contributed by atoms with Gasteiger partial charge >= 0.3 is 12.0 Å². The van der Waals surface area contributed by atoms with Crippen LogP contribution >= 0.6 is 11.3 Å². The molecule has 0 aliphatic heterocycles. The first kappa shape index (κ1) is 14.4. The van der Waals surface area contributed by atoms with Crippen molar-refractivity contribution in [2.24, 2.45) is 0 Å². The van der Waals surface area contributed by atoms with Gasteiger partial charge in [-0.1, -0.05) is 20.8 Å². The van der Waals surface area contributed by atoms with E-state index in [0.29, 0.717) is 5.13 Å². The Bertz CT molecular complexity index is 451. The number of rotatable bonds is 3. The molecule has 100 valence electrons. The lowest BCUT2D eigenvalue weighted by atomic mass is 9.93. The molecule has 7 heteroatoms. The lowest BCUT2D eigenvalue weighted by molar-refractivity contribution is -0.138. The molecule has 6 nitrogen and oxygen atoms in total. The molecule has 3 N–H and O–H groups in total. The molecule has 0 bridgehead atoms. The number of carbonyl (C=O) groups excluding carboxylic acids is 1. The Balaban J connectivity index is 2.60. The summed E-state index contributed by atoms with van der Waals surface area (Å²) in [5.74, 6) is -1.08. The predicted octanol–water partition coefficient (Wildman–Crippen LogP) is 2.04. The van der Waals surface area contributed by atoms with Gasteiger partial charge in [0.05, 0.1) is 5.69 Å². The second-order valence-electron chi connectivity index (χ2n) is 4.95. The average Bonchev–Trinajstić information content (AvgIpc) is 2.64. The van der Waals surface area contributed by atoms with Crippen molar-refractivity contribution in [2.45, 2.75) is 39.2 Å². The lowest BCUT2D eigenvalue weighted by Gasteiger charge is -2.14. The van der Waals surface area contributed by atoms with Crippen LogP contribution in [0.1, 0.15) is 33.4 Å². The molecule has 1 aromatic rings. The molecule has 1 atom stereocenters. The minimum Gasteiger partial charge on any atom is -0.480 e. The zero-order valence-corrected chi connectivity index (χ0v) is 11.6. The molecule has 0 spiro atoms. The van der Waals surface area contributed by atoms with Gasteiger partial charge in [0.1, 0.15) is 6.04 Å². The monoisotopic (exact) mass is 271 g/mol. The largest absolute Gasteiger partial charge is 0.480 e. The minimum absolute atomic E-state index is 0.0821. The number of anilines is 1. The Labute approximate surface area is 109 Å². The number of thiazole rings is 1. The van der Waals surface area contributed by atoms with Crippen molar-refractivity contribution in [3.8, 4) is 0 Å². The van der Waals surface area contributed by atoms with Crippen molar-refractivity contribution in [2.75, 3.05) is 5.32 Å². The molecule has 18 heavy (non-hydrogen) atoms. The number of urea groups is 1. The van der Waals surface area contributed by atoms with E-state index in [9.17, 15) is 9.59 Å². The highest BCUT2D eigenvalue weighted by molar-refractivity contribution is 7.13. The van der Waals surface area contributed by atoms with Crippen molar-refractivity contribution < 1.29 is 14.7 Å². The van der Waals surface area contributed by atoms with E-state index >= 15 is 0 Å². The fourth-order valence-corrected chi connectivity index (χ4v) is 2.00. The number of aliphatic carboxylic acids is 1. The Morgan fingerprint density at radius 3 is 2.50 bits per heavy atom. The number of hydrogen-bond donors (Lipinski definition) is 3. The first-order valence-corrected chi connectivity index (χ1v) is 6.34. The Kier molecular flexibility index (Phi) is 4.28. The summed E-state index contributed by atoms with van der Waals surface area (Å²) >= 11 is 1.31. The maximum absolute atomic E-state index is 11.5. The Morgan fingerprint density at radius 2 is 2.06 bits per heavy atom. The first-order valence-electron chi connectivity index (χ1n) is 5.46. The third-order valence-corrected chi connectivity index (χ3v) is 2.97. The van der Waals surface area contributed by atoms with Gasteiger partial charge in [-0.25, -0.2) is 9.78 Å². The summed E-state index contributed by atoms with van der Waals surface area (Å²) in [6.07, 6.45) is 0. The van der Waals surface area contributed by atoms with Gasteiger partial charge in [0.2, 0.25) is 0 Å². The molecule has 1 aromatic heterocycles. The molecule has 2 amide bonds. The highest BCUT2D eigenvalue weighted by atomic mass is 32.1. The van der Waals surface area contributed by atoms with Crippen LogP contribution < -0.4 is 10.6 Å². The third kappa shape index (κ3) is 3.99. The fraction of sp³-hybridized carbons (Fsp3) is 0.545. The van der Waals surface area contributed by atoms with Crippen LogP contribution in [0.3, 0.4) is 0 Å². The zero-order chi connectivity index (χ0) is 13.9. The molecule has 1 heterocycles. The van der Waals surface area contributed by atoms with Crippen LogP contribution in [0.2, 0.25) is 0 Å². The first-order chi connectivity index (χ1) is 8.20. The number of nitrogens with one attached hydrogen (secondary N) is 2. The van der Waals surface area contributed by atoms with E-state index < -0.39 is 18.0 Å². The maximum atomic E-state index is 11.5. The van der Waals surface area contributed by atoms with E-state index in [1.807, 2.05) is 26.2 Å². The smallest absolute Gasteiger partial charge is 0.325 e. The molecule has 0 aromatic carbocycles. The highest BCUT2D eigenvalue weighted by Gasteiger charge is 2.19. The van der Waals surface area contributed by atoms with Crippen LogP contribution in [0.5, 0.6) is 0 Å². The third-order valence-electron chi connectivity index (χ3n) is 2.21. The highest BCUT2D eigenvalue weighted by Crippen LogP contribution is 2.26. The number of carboxylic acids is 1. The summed E-state index contributed by atoms with van der Waals surface area (Å²) in [6.45, 7) is 7.47. The SMILES string of the molecule is C[C@@H](NC(=O)Nc1nc(C(C)(C)C)cs1)C(=O)O. The van der Waals surface area contributed by atoms with E-state index in [-0.39, 0.29) is 5.41 Å². The molecular weight excluding hydrogens is 254 g/mol. The van der Waals surface area contributed by atoms with E-state index in [4.69, 9.17) is 5.11 Å². The summed E-state index contributed by atoms with van der Waals surface area (Å²) in [5.41, 5.74) is 0.801. The van der Waals surface area contributed by atoms with Crippen LogP contribution in [0.15, 0.2) is 5.38 Å². The number of nitrogens with zero attached hydrogens (tertiary/aromatic N) is 1. The second kappa shape index (κ2) is 5.34. The predicted molar refractivity (Wildman–Crippen MR) is 70.1 cm³/mol. The fourth-order valence-electron chi connectivity index (χ4n) is 1.07. The second-order valence-corrected chi connectivity index (χ2v) is 5.80. The molecule has 0 unspecified atom stereocenters. The van der Waals surface area contributed by atoms with Crippen molar-refractivity contribution in [1.82, 2.24) is 10.3 Å². The van der Waals surface area contributed by atoms with E-state index in [1.54, 1.807) is 0 Å². The van der Waals surface area contributed by atoms with Gasteiger partial charge in [0.15, 0.2) is 5.13 Å². The van der Waals surface area contributed by atoms with Crippen LogP contribution in [-0.4, -0.2) is 28.1 Å². The molecule has 0 saturated carbocycles. The van der Waals surface area contributed by atoms with Crippen molar-refractivity contribution >= 4 is 28.5 Å². The van der Waals surface area contributed by atoms with Crippen molar-refractivity contribution in [3.05, 3.63) is 11.1 Å². The Morgan fingerprint density at radius 1 is 1.44 bits per heavy atom. The molecule has 0 saturated heterocycles. The van der Waals surface area contributed by atoms with E-state index in [1.165, 1.54) is 18.3 Å². The Hall–Kier alpha value is -1.63. The van der Waals surface area contributed by atoms with Crippen molar-refractivity contribution in [3.63, 3.8) is 0 Å². The summed E-state index contributed by atoms with van der Waals surface area (Å²) in [4.78, 5) is 26.3. The summed E-state index contributed by atoms with van der Waals surface area (Å²) < 4.78 is 0. The number of hydrogen-bond acceptors (Lipinski definition) is 4. The van der Waals surface area contributed by atoms with Crippen LogP contribution in [-0.2, 0) is 10.2 Å². The van der Waals surface area contributed by atoms with Gasteiger partial charge in [0.25, 0.3) is 0 Å². The van der Waals surface area contributed by atoms with E-state index in [0.717, 1.165) is 5.69 Å². The molecular formula is C11H17N3O3S. The van der Waals surface area contributed by atoms with Gasteiger partial charge in [-0.05, 0) is 6.92 Å². The van der Waals surface area contributed by atoms with Crippen molar-refractivity contribution in [1.29, 1.82) is 0 Å². The molecule has 0 fully saturated rings. The molecule has 1 rings (SSSR count).